The molecule has 0 spiro atoms. The first-order valence-electron chi connectivity index (χ1n) is 4.84. The third kappa shape index (κ3) is 1.75. The minimum atomic E-state index is -0.863. The highest BCUT2D eigenvalue weighted by molar-refractivity contribution is 7.17. The molecule has 1 N–H and O–H groups in total. The number of carbonyl (C=O) groups is 1. The van der Waals surface area contributed by atoms with Crippen molar-refractivity contribution in [1.82, 2.24) is 0 Å². The van der Waals surface area contributed by atoms with Gasteiger partial charge in [0.05, 0.1) is 5.56 Å². The smallest absolute Gasteiger partial charge is 0.335 e. The third-order valence-electron chi connectivity index (χ3n) is 2.47. The van der Waals surface area contributed by atoms with E-state index in [1.54, 1.807) is 23.5 Å². The molecule has 0 radical (unpaired) electrons. The molecule has 15 heavy (non-hydrogen) atoms. The molecular weight excluding hydrogens is 208 g/mol. The number of carboxylic acids is 1. The lowest BCUT2D eigenvalue weighted by Gasteiger charge is -2.03. The number of hydrogen-bond acceptors (Lipinski definition) is 2. The van der Waals surface area contributed by atoms with Crippen LogP contribution >= 0.6 is 11.3 Å². The maximum atomic E-state index is 10.9. The van der Waals surface area contributed by atoms with E-state index >= 15 is 0 Å². The summed E-state index contributed by atoms with van der Waals surface area (Å²) in [6, 6.07) is 5.31. The topological polar surface area (TPSA) is 37.3 Å². The molecule has 0 saturated carbocycles. The van der Waals surface area contributed by atoms with Gasteiger partial charge >= 0.3 is 5.97 Å². The summed E-state index contributed by atoms with van der Waals surface area (Å²) in [5.74, 6) is -0.430. The van der Waals surface area contributed by atoms with Gasteiger partial charge in [0.2, 0.25) is 0 Å². The summed E-state index contributed by atoms with van der Waals surface area (Å²) in [5.41, 5.74) is 1.60. The van der Waals surface area contributed by atoms with Crippen molar-refractivity contribution < 1.29 is 9.90 Å². The van der Waals surface area contributed by atoms with Gasteiger partial charge in [0.1, 0.15) is 0 Å². The first-order valence-corrected chi connectivity index (χ1v) is 5.72. The van der Waals surface area contributed by atoms with Crippen molar-refractivity contribution in [2.45, 2.75) is 19.8 Å². The van der Waals surface area contributed by atoms with Gasteiger partial charge in [-0.3, -0.25) is 0 Å². The van der Waals surface area contributed by atoms with Crippen LogP contribution < -0.4 is 0 Å². The molecule has 1 aromatic carbocycles. The van der Waals surface area contributed by atoms with Crippen molar-refractivity contribution in [3.05, 3.63) is 34.7 Å². The Morgan fingerprint density at radius 3 is 2.73 bits per heavy atom. The fourth-order valence-electron chi connectivity index (χ4n) is 1.63. The van der Waals surface area contributed by atoms with Gasteiger partial charge in [-0.25, -0.2) is 4.79 Å². The van der Waals surface area contributed by atoms with E-state index in [0.29, 0.717) is 11.5 Å². The number of rotatable bonds is 2. The first kappa shape index (κ1) is 10.2. The van der Waals surface area contributed by atoms with E-state index in [1.807, 2.05) is 6.07 Å². The van der Waals surface area contributed by atoms with Gasteiger partial charge in [0.15, 0.2) is 0 Å². The number of thiophene rings is 1. The molecule has 0 unspecified atom stereocenters. The van der Waals surface area contributed by atoms with Gasteiger partial charge in [0, 0.05) is 4.70 Å². The van der Waals surface area contributed by atoms with E-state index in [2.05, 4.69) is 19.2 Å². The molecule has 0 saturated heterocycles. The highest BCUT2D eigenvalue weighted by Crippen LogP contribution is 2.31. The predicted molar refractivity (Wildman–Crippen MR) is 62.9 cm³/mol. The van der Waals surface area contributed by atoms with Crippen LogP contribution in [0.2, 0.25) is 0 Å². The van der Waals surface area contributed by atoms with Gasteiger partial charge < -0.3 is 5.11 Å². The number of hydrogen-bond donors (Lipinski definition) is 1. The Bertz CT molecular complexity index is 511. The van der Waals surface area contributed by atoms with Crippen LogP contribution in [0.1, 0.15) is 35.7 Å². The second kappa shape index (κ2) is 3.66. The minimum Gasteiger partial charge on any atom is -0.478 e. The average molecular weight is 220 g/mol. The van der Waals surface area contributed by atoms with Crippen LogP contribution in [-0.2, 0) is 0 Å². The van der Waals surface area contributed by atoms with Gasteiger partial charge in [-0.15, -0.1) is 11.3 Å². The molecule has 0 amide bonds. The summed E-state index contributed by atoms with van der Waals surface area (Å²) in [7, 11) is 0. The van der Waals surface area contributed by atoms with E-state index in [-0.39, 0.29) is 0 Å². The van der Waals surface area contributed by atoms with Gasteiger partial charge in [-0.2, -0.15) is 0 Å². The van der Waals surface area contributed by atoms with E-state index in [9.17, 15) is 4.79 Å². The molecule has 78 valence electrons. The van der Waals surface area contributed by atoms with Crippen molar-refractivity contribution in [1.29, 1.82) is 0 Å². The maximum absolute atomic E-state index is 10.9. The summed E-state index contributed by atoms with van der Waals surface area (Å²) in [5, 5.41) is 12.1. The quantitative estimate of drug-likeness (QED) is 0.837. The Kier molecular flexibility index (Phi) is 2.49. The molecule has 0 aliphatic carbocycles. The minimum absolute atomic E-state index is 0.364. The Labute approximate surface area is 92.2 Å². The lowest BCUT2D eigenvalue weighted by molar-refractivity contribution is 0.0697. The van der Waals surface area contributed by atoms with E-state index in [0.717, 1.165) is 10.1 Å². The number of carboxylic acid groups (broad SMARTS) is 1. The molecular formula is C12H12O2S. The molecule has 0 atom stereocenters. The lowest BCUT2D eigenvalue weighted by atomic mass is 10.0. The van der Waals surface area contributed by atoms with Gasteiger partial charge in [-0.1, -0.05) is 13.8 Å². The van der Waals surface area contributed by atoms with Crippen LogP contribution in [0, 0.1) is 0 Å². The highest BCUT2D eigenvalue weighted by atomic mass is 32.1. The number of benzene rings is 1. The molecule has 2 aromatic rings. The van der Waals surface area contributed by atoms with Gasteiger partial charge in [0.25, 0.3) is 0 Å². The Hall–Kier alpha value is -1.35. The Morgan fingerprint density at radius 1 is 1.40 bits per heavy atom. The lowest BCUT2D eigenvalue weighted by Crippen LogP contribution is -1.95. The SMILES string of the molecule is CC(C)c1csc2ccc(C(=O)O)cc12. The summed E-state index contributed by atoms with van der Waals surface area (Å²) in [6.45, 7) is 4.24. The standard InChI is InChI=1S/C12H12O2S/c1-7(2)10-6-15-11-4-3-8(12(13)14)5-9(10)11/h3-7H,1-2H3,(H,13,14). The van der Waals surface area contributed by atoms with Crippen LogP contribution in [0.15, 0.2) is 23.6 Å². The zero-order valence-electron chi connectivity index (χ0n) is 8.65. The number of fused-ring (bicyclic) bond motifs is 1. The summed E-state index contributed by atoms with van der Waals surface area (Å²) in [4.78, 5) is 10.9. The molecule has 0 bridgehead atoms. The highest BCUT2D eigenvalue weighted by Gasteiger charge is 2.10. The largest absolute Gasteiger partial charge is 0.478 e. The molecule has 0 aliphatic heterocycles. The molecule has 0 aliphatic rings. The Balaban J connectivity index is 2.66. The van der Waals surface area contributed by atoms with Crippen LogP contribution in [0.5, 0.6) is 0 Å². The van der Waals surface area contributed by atoms with Crippen molar-refractivity contribution in [2.75, 3.05) is 0 Å². The average Bonchev–Trinajstić information content (AvgIpc) is 2.59. The Morgan fingerprint density at radius 2 is 2.13 bits per heavy atom. The monoisotopic (exact) mass is 220 g/mol. The van der Waals surface area contributed by atoms with E-state index in [4.69, 9.17) is 5.11 Å². The third-order valence-corrected chi connectivity index (χ3v) is 3.45. The molecule has 3 heteroatoms. The van der Waals surface area contributed by atoms with Crippen LogP contribution in [0.3, 0.4) is 0 Å². The van der Waals surface area contributed by atoms with Crippen LogP contribution in [0.25, 0.3) is 10.1 Å². The maximum Gasteiger partial charge on any atom is 0.335 e. The molecule has 2 rings (SSSR count). The second-order valence-corrected chi connectivity index (χ2v) is 4.77. The van der Waals surface area contributed by atoms with Crippen LogP contribution in [-0.4, -0.2) is 11.1 Å². The molecule has 2 nitrogen and oxygen atoms in total. The molecule has 1 aromatic heterocycles. The van der Waals surface area contributed by atoms with E-state index < -0.39 is 5.97 Å². The predicted octanol–water partition coefficient (Wildman–Crippen LogP) is 3.72. The molecule has 1 heterocycles. The summed E-state index contributed by atoms with van der Waals surface area (Å²) < 4.78 is 1.16. The summed E-state index contributed by atoms with van der Waals surface area (Å²) >= 11 is 1.67. The van der Waals surface area contributed by atoms with E-state index in [1.165, 1.54) is 5.56 Å². The molecule has 0 fully saturated rings. The second-order valence-electron chi connectivity index (χ2n) is 3.86. The zero-order valence-corrected chi connectivity index (χ0v) is 9.47. The van der Waals surface area contributed by atoms with Crippen molar-refractivity contribution in [2.24, 2.45) is 0 Å². The zero-order chi connectivity index (χ0) is 11.0. The van der Waals surface area contributed by atoms with Gasteiger partial charge in [-0.05, 0) is 40.4 Å². The fraction of sp³-hybridized carbons (Fsp3) is 0.250. The van der Waals surface area contributed by atoms with Crippen LogP contribution in [0.4, 0.5) is 0 Å². The fourth-order valence-corrected chi connectivity index (χ4v) is 2.73. The normalized spacial score (nSPS) is 11.1. The number of aromatic carboxylic acids is 1. The van der Waals surface area contributed by atoms with Crippen molar-refractivity contribution in [3.8, 4) is 0 Å². The van der Waals surface area contributed by atoms with Crippen molar-refractivity contribution in [3.63, 3.8) is 0 Å². The summed E-state index contributed by atoms with van der Waals surface area (Å²) in [6.07, 6.45) is 0. The van der Waals surface area contributed by atoms with Crippen molar-refractivity contribution >= 4 is 27.4 Å². The first-order chi connectivity index (χ1) is 7.09.